The lowest BCUT2D eigenvalue weighted by Gasteiger charge is -2.30. The molecule has 1 aliphatic heterocycles. The van der Waals surface area contributed by atoms with Crippen molar-refractivity contribution in [3.63, 3.8) is 0 Å². The van der Waals surface area contributed by atoms with Gasteiger partial charge in [0.1, 0.15) is 0 Å². The summed E-state index contributed by atoms with van der Waals surface area (Å²) in [6.07, 6.45) is 1.69. The lowest BCUT2D eigenvalue weighted by molar-refractivity contribution is -0.142. The molecule has 1 aliphatic rings. The van der Waals surface area contributed by atoms with E-state index >= 15 is 0 Å². The highest BCUT2D eigenvalue weighted by Crippen LogP contribution is 2.24. The Bertz CT molecular complexity index is 341. The van der Waals surface area contributed by atoms with Crippen LogP contribution >= 0.6 is 0 Å². The summed E-state index contributed by atoms with van der Waals surface area (Å²) in [5.74, 6) is -1.27. The van der Waals surface area contributed by atoms with E-state index in [2.05, 4.69) is 6.58 Å². The van der Waals surface area contributed by atoms with E-state index in [9.17, 15) is 9.59 Å². The van der Waals surface area contributed by atoms with E-state index in [1.807, 2.05) is 20.8 Å². The molecule has 0 aliphatic carbocycles. The van der Waals surface area contributed by atoms with Gasteiger partial charge in [0.15, 0.2) is 0 Å². The van der Waals surface area contributed by atoms with Crippen molar-refractivity contribution in [2.45, 2.75) is 26.8 Å². The Morgan fingerprint density at radius 2 is 2.11 bits per heavy atom. The van der Waals surface area contributed by atoms with Crippen LogP contribution in [-0.4, -0.2) is 52.6 Å². The molecule has 102 valence electrons. The number of hydrogen-bond acceptors (Lipinski definition) is 2. The molecule has 1 saturated heterocycles. The summed E-state index contributed by atoms with van der Waals surface area (Å²) in [7, 11) is 0. The average Bonchev–Trinajstić information content (AvgIpc) is 2.67. The monoisotopic (exact) mass is 254 g/mol. The van der Waals surface area contributed by atoms with Crippen LogP contribution < -0.4 is 0 Å². The highest BCUT2D eigenvalue weighted by atomic mass is 16.4. The number of rotatable bonds is 4. The third-order valence-corrected chi connectivity index (χ3v) is 3.39. The number of carbonyl (C=O) groups excluding carboxylic acids is 1. The second-order valence-electron chi connectivity index (χ2n) is 5.14. The predicted octanol–water partition coefficient (Wildman–Crippen LogP) is 1.66. The van der Waals surface area contributed by atoms with Gasteiger partial charge in [-0.25, -0.2) is 4.79 Å². The first-order valence-electron chi connectivity index (χ1n) is 6.27. The van der Waals surface area contributed by atoms with Crippen LogP contribution in [0.5, 0.6) is 0 Å². The zero-order chi connectivity index (χ0) is 13.9. The quantitative estimate of drug-likeness (QED) is 0.776. The third kappa shape index (κ3) is 3.03. The Balaban J connectivity index is 2.73. The molecule has 1 heterocycles. The fourth-order valence-corrected chi connectivity index (χ4v) is 2.27. The van der Waals surface area contributed by atoms with Crippen LogP contribution in [0.1, 0.15) is 20.8 Å². The van der Waals surface area contributed by atoms with Gasteiger partial charge in [-0.3, -0.25) is 4.79 Å². The second-order valence-corrected chi connectivity index (χ2v) is 5.14. The Morgan fingerprint density at radius 1 is 1.50 bits per heavy atom. The molecule has 2 amide bonds. The molecule has 1 rings (SSSR count). The topological polar surface area (TPSA) is 60.9 Å². The number of aliphatic carboxylic acids is 1. The van der Waals surface area contributed by atoms with Crippen LogP contribution in [0.3, 0.4) is 0 Å². The van der Waals surface area contributed by atoms with E-state index in [0.29, 0.717) is 19.6 Å². The molecular weight excluding hydrogens is 232 g/mol. The van der Waals surface area contributed by atoms with E-state index in [-0.39, 0.29) is 18.0 Å². The number of amides is 2. The zero-order valence-corrected chi connectivity index (χ0v) is 11.3. The maximum absolute atomic E-state index is 12.3. The van der Waals surface area contributed by atoms with Gasteiger partial charge in [0, 0.05) is 25.7 Å². The van der Waals surface area contributed by atoms with E-state index in [0.717, 1.165) is 0 Å². The largest absolute Gasteiger partial charge is 0.481 e. The average molecular weight is 254 g/mol. The number of carboxylic acid groups (broad SMARTS) is 1. The van der Waals surface area contributed by atoms with Crippen LogP contribution in [0, 0.1) is 11.8 Å². The van der Waals surface area contributed by atoms with Gasteiger partial charge < -0.3 is 14.9 Å². The first-order chi connectivity index (χ1) is 8.38. The van der Waals surface area contributed by atoms with Crippen LogP contribution in [-0.2, 0) is 4.79 Å². The van der Waals surface area contributed by atoms with Crippen molar-refractivity contribution in [2.75, 3.05) is 19.6 Å². The molecule has 0 aromatic carbocycles. The van der Waals surface area contributed by atoms with E-state index in [4.69, 9.17) is 5.11 Å². The maximum Gasteiger partial charge on any atom is 0.320 e. The molecule has 0 radical (unpaired) electrons. The van der Waals surface area contributed by atoms with Gasteiger partial charge >= 0.3 is 12.0 Å². The summed E-state index contributed by atoms with van der Waals surface area (Å²) in [6.45, 7) is 10.7. The fourth-order valence-electron chi connectivity index (χ4n) is 2.27. The van der Waals surface area contributed by atoms with Gasteiger partial charge in [0.25, 0.3) is 0 Å². The maximum atomic E-state index is 12.3. The number of nitrogens with zero attached hydrogens (tertiary/aromatic N) is 2. The molecule has 5 nitrogen and oxygen atoms in total. The Kier molecular flexibility index (Phi) is 4.76. The molecule has 5 heteroatoms. The summed E-state index contributed by atoms with van der Waals surface area (Å²) >= 11 is 0. The molecular formula is C13H22N2O3. The minimum absolute atomic E-state index is 0.00388. The predicted molar refractivity (Wildman–Crippen MR) is 69.3 cm³/mol. The van der Waals surface area contributed by atoms with Crippen molar-refractivity contribution in [1.82, 2.24) is 9.80 Å². The molecule has 0 bridgehead atoms. The molecule has 18 heavy (non-hydrogen) atoms. The van der Waals surface area contributed by atoms with Crippen molar-refractivity contribution >= 4 is 12.0 Å². The van der Waals surface area contributed by atoms with Crippen molar-refractivity contribution in [3.05, 3.63) is 12.7 Å². The van der Waals surface area contributed by atoms with Gasteiger partial charge in [-0.1, -0.05) is 13.0 Å². The number of likely N-dealkylation sites (tertiary alicyclic amines) is 1. The van der Waals surface area contributed by atoms with Crippen LogP contribution in [0.15, 0.2) is 12.7 Å². The van der Waals surface area contributed by atoms with Gasteiger partial charge in [-0.15, -0.1) is 6.58 Å². The molecule has 1 N–H and O–H groups in total. The van der Waals surface area contributed by atoms with Crippen molar-refractivity contribution in [3.8, 4) is 0 Å². The smallest absolute Gasteiger partial charge is 0.320 e. The lowest BCUT2D eigenvalue weighted by Crippen LogP contribution is -2.45. The minimum atomic E-state index is -0.822. The summed E-state index contributed by atoms with van der Waals surface area (Å²) in [4.78, 5) is 26.7. The first kappa shape index (κ1) is 14.5. The Hall–Kier alpha value is -1.52. The molecule has 1 fully saturated rings. The first-order valence-corrected chi connectivity index (χ1v) is 6.27. The minimum Gasteiger partial charge on any atom is -0.481 e. The van der Waals surface area contributed by atoms with Gasteiger partial charge in [0.05, 0.1) is 5.92 Å². The lowest BCUT2D eigenvalue weighted by atomic mass is 9.99. The summed E-state index contributed by atoms with van der Waals surface area (Å²) < 4.78 is 0. The van der Waals surface area contributed by atoms with Crippen LogP contribution in [0.2, 0.25) is 0 Å². The molecule has 2 atom stereocenters. The molecule has 2 unspecified atom stereocenters. The number of carboxylic acids is 1. The third-order valence-electron chi connectivity index (χ3n) is 3.39. The van der Waals surface area contributed by atoms with Gasteiger partial charge in [0.2, 0.25) is 0 Å². The second kappa shape index (κ2) is 5.89. The fraction of sp³-hybridized carbons (Fsp3) is 0.692. The number of urea groups is 1. The molecule has 0 aromatic rings. The molecule has 0 saturated carbocycles. The highest BCUT2D eigenvalue weighted by molar-refractivity contribution is 5.78. The van der Waals surface area contributed by atoms with Crippen LogP contribution in [0.25, 0.3) is 0 Å². The van der Waals surface area contributed by atoms with E-state index in [1.165, 1.54) is 0 Å². The number of carbonyl (C=O) groups is 2. The van der Waals surface area contributed by atoms with Crippen molar-refractivity contribution in [2.24, 2.45) is 11.8 Å². The van der Waals surface area contributed by atoms with Crippen LogP contribution in [0.4, 0.5) is 4.79 Å². The highest BCUT2D eigenvalue weighted by Gasteiger charge is 2.38. The summed E-state index contributed by atoms with van der Waals surface area (Å²) in [5.41, 5.74) is 0. The van der Waals surface area contributed by atoms with Crippen molar-refractivity contribution < 1.29 is 14.7 Å². The summed E-state index contributed by atoms with van der Waals surface area (Å²) in [5, 5.41) is 9.07. The van der Waals surface area contributed by atoms with E-state index < -0.39 is 11.9 Å². The van der Waals surface area contributed by atoms with Gasteiger partial charge in [-0.05, 0) is 19.8 Å². The SMILES string of the molecule is C=CCN(C(=O)N1CC(C)C(C(=O)O)C1)C(C)C. The normalized spacial score (nSPS) is 23.2. The molecule has 0 spiro atoms. The van der Waals surface area contributed by atoms with Gasteiger partial charge in [-0.2, -0.15) is 0 Å². The standard InChI is InChI=1S/C13H22N2O3/c1-5-6-15(9(2)3)13(18)14-7-10(4)11(8-14)12(16)17/h5,9-11H,1,6-8H2,2-4H3,(H,16,17). The van der Waals surface area contributed by atoms with Crippen molar-refractivity contribution in [1.29, 1.82) is 0 Å². The zero-order valence-electron chi connectivity index (χ0n) is 11.3. The Labute approximate surface area is 108 Å². The number of hydrogen-bond donors (Lipinski definition) is 1. The molecule has 0 aromatic heterocycles. The van der Waals surface area contributed by atoms with E-state index in [1.54, 1.807) is 15.9 Å². The Morgan fingerprint density at radius 3 is 2.50 bits per heavy atom. The summed E-state index contributed by atoms with van der Waals surface area (Å²) in [6, 6.07) is -0.0183.